The zero-order valence-electron chi connectivity index (χ0n) is 19.5. The van der Waals surface area contributed by atoms with Gasteiger partial charge in [0.2, 0.25) is 5.91 Å². The fraction of sp³-hybridized carbons (Fsp3) is 0.214. The summed E-state index contributed by atoms with van der Waals surface area (Å²) in [6.07, 6.45) is 0.426. The van der Waals surface area contributed by atoms with Crippen LogP contribution in [-0.2, 0) is 16.1 Å². The summed E-state index contributed by atoms with van der Waals surface area (Å²) in [5, 5.41) is 5.83. The third-order valence-corrected chi connectivity index (χ3v) is 6.66. The van der Waals surface area contributed by atoms with Crippen LogP contribution in [0.15, 0.2) is 78.9 Å². The molecule has 1 fully saturated rings. The van der Waals surface area contributed by atoms with Crippen LogP contribution < -0.4 is 10.1 Å². The molecule has 2 heterocycles. The first-order valence-corrected chi connectivity index (χ1v) is 12.0. The van der Waals surface area contributed by atoms with Crippen molar-refractivity contribution in [3.63, 3.8) is 0 Å². The largest absolute Gasteiger partial charge is 0.484 e. The molecule has 1 atom stereocenters. The molecule has 0 radical (unpaired) electrons. The van der Waals surface area contributed by atoms with Crippen LogP contribution in [0, 0.1) is 0 Å². The number of para-hydroxylation sites is 1. The standard InChI is InChI=1S/C28H26ClN3O3/c1-3-31-24-7-5-4-6-22(24)23-15-20(10-13-25(23)31)30-28(34)26-14-18(2)16-32(26)27(33)17-35-21-11-8-19(29)9-12-21/h4-13,15,26H,2-3,14,16-17H2,1H3,(H,30,34). The quantitative estimate of drug-likeness (QED) is 0.358. The molecule has 0 bridgehead atoms. The minimum Gasteiger partial charge on any atom is -0.484 e. The maximum absolute atomic E-state index is 13.2. The molecule has 178 valence electrons. The molecule has 1 N–H and O–H groups in total. The van der Waals surface area contributed by atoms with Crippen LogP contribution >= 0.6 is 11.6 Å². The van der Waals surface area contributed by atoms with Gasteiger partial charge in [-0.1, -0.05) is 42.0 Å². The summed E-state index contributed by atoms with van der Waals surface area (Å²) >= 11 is 5.90. The first-order valence-electron chi connectivity index (χ1n) is 11.6. The van der Waals surface area contributed by atoms with E-state index >= 15 is 0 Å². The van der Waals surface area contributed by atoms with E-state index in [9.17, 15) is 9.59 Å². The van der Waals surface area contributed by atoms with Gasteiger partial charge < -0.3 is 19.5 Å². The molecule has 1 aliphatic heterocycles. The minimum absolute atomic E-state index is 0.166. The Morgan fingerprint density at radius 1 is 1.06 bits per heavy atom. The van der Waals surface area contributed by atoms with Gasteiger partial charge in [0, 0.05) is 45.6 Å². The molecule has 3 aromatic carbocycles. The van der Waals surface area contributed by atoms with Gasteiger partial charge in [0.15, 0.2) is 6.61 Å². The lowest BCUT2D eigenvalue weighted by Gasteiger charge is -2.23. The summed E-state index contributed by atoms with van der Waals surface area (Å²) < 4.78 is 7.87. The van der Waals surface area contributed by atoms with E-state index in [4.69, 9.17) is 16.3 Å². The number of hydrogen-bond donors (Lipinski definition) is 1. The zero-order chi connectivity index (χ0) is 24.5. The first kappa shape index (κ1) is 23.0. The second kappa shape index (κ2) is 9.47. The Kier molecular flexibility index (Phi) is 6.22. The second-order valence-corrected chi connectivity index (χ2v) is 9.15. The zero-order valence-corrected chi connectivity index (χ0v) is 20.2. The van der Waals surface area contributed by atoms with E-state index in [1.54, 1.807) is 24.3 Å². The van der Waals surface area contributed by atoms with Crippen LogP contribution in [0.1, 0.15) is 13.3 Å². The van der Waals surface area contributed by atoms with Crippen molar-refractivity contribution in [2.75, 3.05) is 18.5 Å². The van der Waals surface area contributed by atoms with Crippen LogP contribution in [0.5, 0.6) is 5.75 Å². The number of likely N-dealkylation sites (tertiary alicyclic amines) is 1. The molecule has 4 aromatic rings. The fourth-order valence-electron chi connectivity index (χ4n) is 4.75. The molecular weight excluding hydrogens is 462 g/mol. The highest BCUT2D eigenvalue weighted by atomic mass is 35.5. The molecule has 1 aliphatic rings. The smallest absolute Gasteiger partial charge is 0.261 e. The van der Waals surface area contributed by atoms with E-state index < -0.39 is 6.04 Å². The van der Waals surface area contributed by atoms with E-state index in [0.717, 1.165) is 33.9 Å². The van der Waals surface area contributed by atoms with Crippen molar-refractivity contribution in [2.45, 2.75) is 25.9 Å². The molecule has 0 spiro atoms. The first-order chi connectivity index (χ1) is 16.9. The molecule has 1 saturated heterocycles. The number of nitrogens with zero attached hydrogens (tertiary/aromatic N) is 2. The number of amides is 2. The Morgan fingerprint density at radius 2 is 1.80 bits per heavy atom. The number of halogens is 1. The number of aromatic nitrogens is 1. The predicted octanol–water partition coefficient (Wildman–Crippen LogP) is 5.64. The molecular formula is C28H26ClN3O3. The van der Waals surface area contributed by atoms with Gasteiger partial charge in [-0.3, -0.25) is 9.59 Å². The Bertz CT molecular complexity index is 1440. The third kappa shape index (κ3) is 4.49. The molecule has 2 amide bonds. The van der Waals surface area contributed by atoms with Crippen LogP contribution in [0.25, 0.3) is 21.8 Å². The number of ether oxygens (including phenoxy) is 1. The van der Waals surface area contributed by atoms with Crippen molar-refractivity contribution in [2.24, 2.45) is 0 Å². The van der Waals surface area contributed by atoms with Crippen molar-refractivity contribution in [3.8, 4) is 5.75 Å². The average Bonchev–Trinajstić information content (AvgIpc) is 3.41. The number of benzene rings is 3. The van der Waals surface area contributed by atoms with E-state index in [0.29, 0.717) is 29.4 Å². The van der Waals surface area contributed by atoms with E-state index in [1.165, 1.54) is 4.90 Å². The number of carbonyl (C=O) groups excluding carboxylic acids is 2. The van der Waals surface area contributed by atoms with Crippen LogP contribution in [-0.4, -0.2) is 40.5 Å². The van der Waals surface area contributed by atoms with Crippen LogP contribution in [0.3, 0.4) is 0 Å². The van der Waals surface area contributed by atoms with Crippen LogP contribution in [0.4, 0.5) is 5.69 Å². The number of aryl methyl sites for hydroxylation is 1. The lowest BCUT2D eigenvalue weighted by Crippen LogP contribution is -2.45. The average molecular weight is 488 g/mol. The maximum Gasteiger partial charge on any atom is 0.261 e. The molecule has 7 heteroatoms. The SMILES string of the molecule is C=C1CC(C(=O)Nc2ccc3c(c2)c2ccccc2n3CC)N(C(=O)COc2ccc(Cl)cc2)C1. The number of rotatable bonds is 6. The van der Waals surface area contributed by atoms with E-state index in [1.807, 2.05) is 30.3 Å². The Balaban J connectivity index is 1.33. The van der Waals surface area contributed by atoms with Gasteiger partial charge in [0.05, 0.1) is 0 Å². The summed E-state index contributed by atoms with van der Waals surface area (Å²) in [7, 11) is 0. The molecule has 0 saturated carbocycles. The Labute approximate surface area is 208 Å². The maximum atomic E-state index is 13.2. The van der Waals surface area contributed by atoms with E-state index in [-0.39, 0.29) is 18.4 Å². The van der Waals surface area contributed by atoms with Crippen molar-refractivity contribution < 1.29 is 14.3 Å². The fourth-order valence-corrected chi connectivity index (χ4v) is 4.88. The van der Waals surface area contributed by atoms with Gasteiger partial charge in [-0.2, -0.15) is 0 Å². The number of anilines is 1. The van der Waals surface area contributed by atoms with Gasteiger partial charge >= 0.3 is 0 Å². The number of nitrogens with one attached hydrogen (secondary N) is 1. The number of carbonyl (C=O) groups is 2. The summed E-state index contributed by atoms with van der Waals surface area (Å²) in [4.78, 5) is 27.7. The van der Waals surface area contributed by atoms with Gasteiger partial charge in [0.25, 0.3) is 5.91 Å². The lowest BCUT2D eigenvalue weighted by molar-refractivity contribution is -0.138. The van der Waals surface area contributed by atoms with Crippen molar-refractivity contribution in [1.29, 1.82) is 0 Å². The molecule has 5 rings (SSSR count). The molecule has 1 aromatic heterocycles. The van der Waals surface area contributed by atoms with Gasteiger partial charge in [-0.15, -0.1) is 0 Å². The molecule has 6 nitrogen and oxygen atoms in total. The van der Waals surface area contributed by atoms with Crippen LogP contribution in [0.2, 0.25) is 5.02 Å². The normalized spacial score (nSPS) is 15.7. The summed E-state index contributed by atoms with van der Waals surface area (Å²) in [5.41, 5.74) is 3.82. The minimum atomic E-state index is -0.628. The van der Waals surface area contributed by atoms with Crippen molar-refractivity contribution in [3.05, 3.63) is 83.9 Å². The molecule has 0 aliphatic carbocycles. The third-order valence-electron chi connectivity index (χ3n) is 6.41. The monoisotopic (exact) mass is 487 g/mol. The highest BCUT2D eigenvalue weighted by molar-refractivity contribution is 6.30. The van der Waals surface area contributed by atoms with Crippen molar-refractivity contribution in [1.82, 2.24) is 9.47 Å². The number of fused-ring (bicyclic) bond motifs is 3. The Hall–Kier alpha value is -3.77. The van der Waals surface area contributed by atoms with Gasteiger partial charge in [-0.25, -0.2) is 0 Å². The highest BCUT2D eigenvalue weighted by Gasteiger charge is 2.36. The molecule has 35 heavy (non-hydrogen) atoms. The predicted molar refractivity (Wildman–Crippen MR) is 140 cm³/mol. The van der Waals surface area contributed by atoms with E-state index in [2.05, 4.69) is 35.5 Å². The van der Waals surface area contributed by atoms with Crippen molar-refractivity contribution >= 4 is 50.9 Å². The molecule has 1 unspecified atom stereocenters. The number of hydrogen-bond acceptors (Lipinski definition) is 3. The second-order valence-electron chi connectivity index (χ2n) is 8.72. The summed E-state index contributed by atoms with van der Waals surface area (Å²) in [6.45, 7) is 7.16. The Morgan fingerprint density at radius 3 is 2.57 bits per heavy atom. The lowest BCUT2D eigenvalue weighted by atomic mass is 10.1. The highest BCUT2D eigenvalue weighted by Crippen LogP contribution is 2.31. The topological polar surface area (TPSA) is 63.6 Å². The van der Waals surface area contributed by atoms with Gasteiger partial charge in [-0.05, 0) is 61.9 Å². The summed E-state index contributed by atoms with van der Waals surface area (Å²) in [5.74, 6) is 0.0450. The summed E-state index contributed by atoms with van der Waals surface area (Å²) in [6, 6.07) is 20.4. The van der Waals surface area contributed by atoms with Gasteiger partial charge in [0.1, 0.15) is 11.8 Å².